The average Bonchev–Trinajstić information content (AvgIpc) is 2.89. The summed E-state index contributed by atoms with van der Waals surface area (Å²) >= 11 is 12.5. The van der Waals surface area contributed by atoms with Crippen LogP contribution in [0.1, 0.15) is 21.6 Å². The van der Waals surface area contributed by atoms with Crippen LogP contribution in [0.4, 0.5) is 0 Å². The molecule has 4 nitrogen and oxygen atoms in total. The minimum absolute atomic E-state index is 0.176. The van der Waals surface area contributed by atoms with Gasteiger partial charge in [0.05, 0.1) is 16.9 Å². The first-order valence-electron chi connectivity index (χ1n) is 7.78. The quantitative estimate of drug-likeness (QED) is 0.661. The topological polar surface area (TPSA) is 38.1 Å². The summed E-state index contributed by atoms with van der Waals surface area (Å²) in [5, 5.41) is 5.38. The second-order valence-corrected chi connectivity index (χ2v) is 6.58. The van der Waals surface area contributed by atoms with Crippen LogP contribution in [-0.2, 0) is 6.54 Å². The van der Waals surface area contributed by atoms with E-state index in [9.17, 15) is 4.79 Å². The van der Waals surface area contributed by atoms with Crippen molar-refractivity contribution in [2.45, 2.75) is 13.5 Å². The zero-order valence-electron chi connectivity index (χ0n) is 13.9. The Hall–Kier alpha value is -2.30. The fourth-order valence-corrected chi connectivity index (χ4v) is 3.22. The van der Waals surface area contributed by atoms with E-state index in [1.807, 2.05) is 48.5 Å². The number of carbonyl (C=O) groups is 1. The number of rotatable bonds is 4. The molecule has 0 saturated carbocycles. The highest BCUT2D eigenvalue weighted by Crippen LogP contribution is 2.25. The molecule has 1 heterocycles. The second kappa shape index (κ2) is 7.30. The van der Waals surface area contributed by atoms with Gasteiger partial charge in [-0.05, 0) is 36.8 Å². The fourth-order valence-electron chi connectivity index (χ4n) is 2.65. The first-order chi connectivity index (χ1) is 12.0. The molecule has 3 aromatic rings. The molecule has 0 radical (unpaired) electrons. The zero-order chi connectivity index (χ0) is 18.0. The molecule has 0 aliphatic heterocycles. The largest absolute Gasteiger partial charge is 0.337 e. The van der Waals surface area contributed by atoms with Crippen molar-refractivity contribution < 1.29 is 4.79 Å². The van der Waals surface area contributed by atoms with Crippen molar-refractivity contribution in [3.8, 4) is 5.69 Å². The second-order valence-electron chi connectivity index (χ2n) is 5.79. The fraction of sp³-hybridized carbons (Fsp3) is 0.158. The van der Waals surface area contributed by atoms with E-state index in [1.165, 1.54) is 0 Å². The van der Waals surface area contributed by atoms with Crippen molar-refractivity contribution in [1.29, 1.82) is 0 Å². The van der Waals surface area contributed by atoms with Gasteiger partial charge in [0.25, 0.3) is 5.91 Å². The molecule has 0 N–H and O–H groups in total. The Labute approximate surface area is 156 Å². The van der Waals surface area contributed by atoms with Gasteiger partial charge in [-0.2, -0.15) is 5.10 Å². The van der Waals surface area contributed by atoms with Crippen LogP contribution in [0, 0.1) is 6.92 Å². The van der Waals surface area contributed by atoms with E-state index in [-0.39, 0.29) is 5.91 Å². The van der Waals surface area contributed by atoms with E-state index in [0.29, 0.717) is 28.0 Å². The number of hydrogen-bond acceptors (Lipinski definition) is 2. The molecule has 0 aliphatic carbocycles. The smallest absolute Gasteiger partial charge is 0.258 e. The van der Waals surface area contributed by atoms with Crippen LogP contribution in [0.5, 0.6) is 0 Å². The summed E-state index contributed by atoms with van der Waals surface area (Å²) in [4.78, 5) is 14.5. The molecule has 0 fully saturated rings. The molecule has 128 valence electrons. The standard InChI is InChI=1S/C19H17Cl2N3O/c1-13-17(18(21)24(22-13)16-9-4-3-5-10-16)19(25)23(2)12-14-7-6-8-15(20)11-14/h3-11H,12H2,1-2H3. The summed E-state index contributed by atoms with van der Waals surface area (Å²) in [7, 11) is 1.73. The summed E-state index contributed by atoms with van der Waals surface area (Å²) in [6, 6.07) is 16.9. The van der Waals surface area contributed by atoms with Crippen molar-refractivity contribution in [2.24, 2.45) is 0 Å². The molecule has 0 bridgehead atoms. The SMILES string of the molecule is Cc1nn(-c2ccccc2)c(Cl)c1C(=O)N(C)Cc1cccc(Cl)c1. The molecule has 6 heteroatoms. The maximum atomic E-state index is 12.9. The third-order valence-corrected chi connectivity index (χ3v) is 4.46. The summed E-state index contributed by atoms with van der Waals surface area (Å²) in [6.45, 7) is 2.22. The maximum absolute atomic E-state index is 12.9. The summed E-state index contributed by atoms with van der Waals surface area (Å²) in [5.41, 5.74) is 2.77. The number of halogens is 2. The molecule has 2 aromatic carbocycles. The van der Waals surface area contributed by atoms with Crippen molar-refractivity contribution in [3.05, 3.63) is 81.6 Å². The minimum atomic E-state index is -0.176. The predicted molar refractivity (Wildman–Crippen MR) is 101 cm³/mol. The molecule has 1 amide bonds. The van der Waals surface area contributed by atoms with Gasteiger partial charge in [-0.25, -0.2) is 4.68 Å². The molecular weight excluding hydrogens is 357 g/mol. The van der Waals surface area contributed by atoms with E-state index >= 15 is 0 Å². The predicted octanol–water partition coefficient (Wildman–Crippen LogP) is 4.76. The summed E-state index contributed by atoms with van der Waals surface area (Å²) in [6.07, 6.45) is 0. The third-order valence-electron chi connectivity index (χ3n) is 3.87. The van der Waals surface area contributed by atoms with E-state index in [4.69, 9.17) is 23.2 Å². The summed E-state index contributed by atoms with van der Waals surface area (Å²) in [5.74, 6) is -0.176. The van der Waals surface area contributed by atoms with Crippen LogP contribution >= 0.6 is 23.2 Å². The molecule has 25 heavy (non-hydrogen) atoms. The Kier molecular flexibility index (Phi) is 5.11. The number of benzene rings is 2. The monoisotopic (exact) mass is 373 g/mol. The van der Waals surface area contributed by atoms with Crippen molar-refractivity contribution in [1.82, 2.24) is 14.7 Å². The van der Waals surface area contributed by atoms with Crippen LogP contribution in [0.2, 0.25) is 10.2 Å². The molecular formula is C19H17Cl2N3O. The van der Waals surface area contributed by atoms with Gasteiger partial charge in [-0.15, -0.1) is 0 Å². The summed E-state index contributed by atoms with van der Waals surface area (Å²) < 4.78 is 1.58. The van der Waals surface area contributed by atoms with Gasteiger partial charge >= 0.3 is 0 Å². The van der Waals surface area contributed by atoms with Crippen LogP contribution in [0.3, 0.4) is 0 Å². The lowest BCUT2D eigenvalue weighted by Gasteiger charge is -2.17. The number of carbonyl (C=O) groups excluding carboxylic acids is 1. The Bertz CT molecular complexity index is 906. The van der Waals surface area contributed by atoms with Crippen LogP contribution < -0.4 is 0 Å². The number of amides is 1. The average molecular weight is 374 g/mol. The lowest BCUT2D eigenvalue weighted by atomic mass is 10.2. The lowest BCUT2D eigenvalue weighted by molar-refractivity contribution is 0.0784. The van der Waals surface area contributed by atoms with Gasteiger partial charge in [0.1, 0.15) is 5.15 Å². The molecule has 0 aliphatic rings. The highest BCUT2D eigenvalue weighted by molar-refractivity contribution is 6.33. The highest BCUT2D eigenvalue weighted by atomic mass is 35.5. The Morgan fingerprint density at radius 1 is 1.12 bits per heavy atom. The van der Waals surface area contributed by atoms with E-state index in [0.717, 1.165) is 11.3 Å². The van der Waals surface area contributed by atoms with Gasteiger partial charge in [-0.1, -0.05) is 53.5 Å². The first-order valence-corrected chi connectivity index (χ1v) is 8.53. The number of hydrogen-bond donors (Lipinski definition) is 0. The maximum Gasteiger partial charge on any atom is 0.258 e. The molecule has 0 saturated heterocycles. The van der Waals surface area contributed by atoms with E-state index in [1.54, 1.807) is 29.6 Å². The molecule has 0 spiro atoms. The normalized spacial score (nSPS) is 10.7. The molecule has 1 aromatic heterocycles. The van der Waals surface area contributed by atoms with Gasteiger partial charge in [-0.3, -0.25) is 4.79 Å². The first kappa shape index (κ1) is 17.5. The van der Waals surface area contributed by atoms with Gasteiger partial charge in [0, 0.05) is 18.6 Å². The van der Waals surface area contributed by atoms with Crippen LogP contribution in [0.15, 0.2) is 54.6 Å². The van der Waals surface area contributed by atoms with E-state index in [2.05, 4.69) is 5.10 Å². The highest BCUT2D eigenvalue weighted by Gasteiger charge is 2.23. The Balaban J connectivity index is 1.88. The molecule has 3 rings (SSSR count). The third kappa shape index (κ3) is 3.70. The molecule has 0 unspecified atom stereocenters. The number of aromatic nitrogens is 2. The number of aryl methyl sites for hydroxylation is 1. The van der Waals surface area contributed by atoms with Crippen molar-refractivity contribution in [3.63, 3.8) is 0 Å². The lowest BCUT2D eigenvalue weighted by Crippen LogP contribution is -2.26. The van der Waals surface area contributed by atoms with Gasteiger partial charge < -0.3 is 4.90 Å². The van der Waals surface area contributed by atoms with Crippen LogP contribution in [-0.4, -0.2) is 27.6 Å². The van der Waals surface area contributed by atoms with Crippen LogP contribution in [0.25, 0.3) is 5.69 Å². The zero-order valence-corrected chi connectivity index (χ0v) is 15.4. The molecule has 0 atom stereocenters. The Morgan fingerprint density at radius 3 is 2.52 bits per heavy atom. The number of nitrogens with zero attached hydrogens (tertiary/aromatic N) is 3. The van der Waals surface area contributed by atoms with E-state index < -0.39 is 0 Å². The number of para-hydroxylation sites is 1. The Morgan fingerprint density at radius 2 is 1.84 bits per heavy atom. The minimum Gasteiger partial charge on any atom is -0.337 e. The van der Waals surface area contributed by atoms with Gasteiger partial charge in [0.2, 0.25) is 0 Å². The van der Waals surface area contributed by atoms with Crippen molar-refractivity contribution in [2.75, 3.05) is 7.05 Å². The van der Waals surface area contributed by atoms with Gasteiger partial charge in [0.15, 0.2) is 0 Å². The van der Waals surface area contributed by atoms with Crippen molar-refractivity contribution >= 4 is 29.1 Å².